The number of esters is 1. The molecule has 0 saturated carbocycles. The maximum atomic E-state index is 13.3. The predicted octanol–water partition coefficient (Wildman–Crippen LogP) is 1.59. The normalized spacial score (nSPS) is 18.7. The van der Waals surface area contributed by atoms with E-state index >= 15 is 0 Å². The van der Waals surface area contributed by atoms with Crippen molar-refractivity contribution < 1.29 is 24.2 Å². The third-order valence-corrected chi connectivity index (χ3v) is 6.30. The van der Waals surface area contributed by atoms with Crippen molar-refractivity contribution in [2.24, 2.45) is 5.73 Å². The van der Waals surface area contributed by atoms with Crippen LogP contribution in [0.1, 0.15) is 35.6 Å². The Labute approximate surface area is 188 Å². The summed E-state index contributed by atoms with van der Waals surface area (Å²) in [6.45, 7) is 1.77. The minimum absolute atomic E-state index is 0.0819. The van der Waals surface area contributed by atoms with Gasteiger partial charge >= 0.3 is 5.97 Å². The van der Waals surface area contributed by atoms with Crippen molar-refractivity contribution in [2.75, 3.05) is 7.11 Å². The number of pyridine rings is 2. The highest BCUT2D eigenvalue weighted by Crippen LogP contribution is 2.40. The molecule has 2 aliphatic rings. The monoisotopic (exact) mass is 447 g/mol. The number of rotatable bonds is 4. The lowest BCUT2D eigenvalue weighted by atomic mass is 9.86. The number of carbonyl (C=O) groups excluding carboxylic acids is 2. The molecule has 1 amide bonds. The first-order valence-corrected chi connectivity index (χ1v) is 10.4. The highest BCUT2D eigenvalue weighted by Gasteiger charge is 2.45. The number of methoxy groups -OCH3 is 1. The van der Waals surface area contributed by atoms with Gasteiger partial charge in [0.25, 0.3) is 5.56 Å². The molecule has 0 saturated heterocycles. The molecule has 0 aliphatic carbocycles. The van der Waals surface area contributed by atoms with Gasteiger partial charge in [-0.05, 0) is 36.8 Å². The maximum Gasteiger partial charge on any atom is 0.343 e. The zero-order chi connectivity index (χ0) is 23.5. The van der Waals surface area contributed by atoms with E-state index in [1.54, 1.807) is 35.8 Å². The van der Waals surface area contributed by atoms with Crippen molar-refractivity contribution in [1.82, 2.24) is 9.55 Å². The van der Waals surface area contributed by atoms with Gasteiger partial charge in [-0.1, -0.05) is 6.92 Å². The molecule has 2 aliphatic heterocycles. The standard InChI is InChI=1S/C24H21N3O6/c1-3-24(31)16-9-18-20-13(10-27(18)22(29)15(16)11-33-23(24)30)8-14-17(26-20)6-4-12(21(14)32-2)5-7-19(25)28/h4-9,31H,3,10-11H2,1-2H3,(H2,25,28)/b7-5+/t24-/m0/s1. The van der Waals surface area contributed by atoms with Crippen LogP contribution < -0.4 is 16.0 Å². The van der Waals surface area contributed by atoms with E-state index in [2.05, 4.69) is 0 Å². The van der Waals surface area contributed by atoms with E-state index in [1.807, 2.05) is 6.07 Å². The summed E-state index contributed by atoms with van der Waals surface area (Å²) in [5.41, 5.74) is 6.80. The Morgan fingerprint density at radius 1 is 1.36 bits per heavy atom. The van der Waals surface area contributed by atoms with Crippen molar-refractivity contribution >= 4 is 28.9 Å². The third-order valence-electron chi connectivity index (χ3n) is 6.30. The fraction of sp³-hybridized carbons (Fsp3) is 0.250. The molecular formula is C24H21N3O6. The number of aliphatic hydroxyl groups is 1. The smallest absolute Gasteiger partial charge is 0.343 e. The van der Waals surface area contributed by atoms with Crippen LogP contribution in [0.15, 0.2) is 35.1 Å². The summed E-state index contributed by atoms with van der Waals surface area (Å²) in [5.74, 6) is -0.799. The van der Waals surface area contributed by atoms with Gasteiger partial charge in [-0.15, -0.1) is 0 Å². The summed E-state index contributed by atoms with van der Waals surface area (Å²) in [4.78, 5) is 41.5. The number of aromatic nitrogens is 2. The van der Waals surface area contributed by atoms with Crippen molar-refractivity contribution in [3.63, 3.8) is 0 Å². The van der Waals surface area contributed by atoms with E-state index in [9.17, 15) is 19.5 Å². The van der Waals surface area contributed by atoms with Crippen molar-refractivity contribution in [3.05, 3.63) is 62.9 Å². The van der Waals surface area contributed by atoms with E-state index in [0.29, 0.717) is 28.2 Å². The average molecular weight is 447 g/mol. The summed E-state index contributed by atoms with van der Waals surface area (Å²) in [7, 11) is 1.53. The Morgan fingerprint density at radius 2 is 2.15 bits per heavy atom. The molecule has 4 heterocycles. The molecule has 1 atom stereocenters. The number of nitrogens with zero attached hydrogens (tertiary/aromatic N) is 2. The Balaban J connectivity index is 1.72. The second kappa shape index (κ2) is 7.28. The topological polar surface area (TPSA) is 134 Å². The summed E-state index contributed by atoms with van der Waals surface area (Å²) in [6.07, 6.45) is 2.91. The molecule has 0 radical (unpaired) electrons. The molecule has 33 heavy (non-hydrogen) atoms. The van der Waals surface area contributed by atoms with Crippen molar-refractivity contribution in [3.8, 4) is 17.1 Å². The van der Waals surface area contributed by atoms with Crippen LogP contribution in [-0.2, 0) is 33.1 Å². The van der Waals surface area contributed by atoms with Crippen LogP contribution in [0, 0.1) is 0 Å². The fourth-order valence-corrected chi connectivity index (χ4v) is 4.57. The van der Waals surface area contributed by atoms with Gasteiger partial charge in [0.2, 0.25) is 5.91 Å². The van der Waals surface area contributed by atoms with Crippen LogP contribution in [0.4, 0.5) is 0 Å². The van der Waals surface area contributed by atoms with Gasteiger partial charge in [-0.2, -0.15) is 0 Å². The summed E-state index contributed by atoms with van der Waals surface area (Å²) < 4.78 is 12.3. The summed E-state index contributed by atoms with van der Waals surface area (Å²) in [6, 6.07) is 7.13. The number of hydrogen-bond donors (Lipinski definition) is 2. The van der Waals surface area contributed by atoms with E-state index in [4.69, 9.17) is 20.2 Å². The van der Waals surface area contributed by atoms with E-state index in [-0.39, 0.29) is 36.3 Å². The number of nitrogens with two attached hydrogens (primary N) is 1. The minimum atomic E-state index is -1.87. The van der Waals surface area contributed by atoms with Crippen molar-refractivity contribution in [2.45, 2.75) is 32.1 Å². The van der Waals surface area contributed by atoms with Crippen LogP contribution in [0.3, 0.4) is 0 Å². The molecule has 5 rings (SSSR count). The lowest BCUT2D eigenvalue weighted by molar-refractivity contribution is -0.172. The molecule has 0 bridgehead atoms. The van der Waals surface area contributed by atoms with Crippen LogP contribution in [-0.4, -0.2) is 33.6 Å². The SMILES string of the molecule is CC[C@@]1(O)C(=O)OCc2c1cc1n(c2=O)Cc2cc3c(OC)c(/C=C/C(N)=O)ccc3nc2-1. The van der Waals surface area contributed by atoms with Crippen molar-refractivity contribution in [1.29, 1.82) is 0 Å². The highest BCUT2D eigenvalue weighted by molar-refractivity contribution is 5.95. The minimum Gasteiger partial charge on any atom is -0.495 e. The molecule has 168 valence electrons. The Morgan fingerprint density at radius 3 is 2.85 bits per heavy atom. The van der Waals surface area contributed by atoms with Crippen LogP contribution in [0.5, 0.6) is 5.75 Å². The molecule has 0 fully saturated rings. The molecule has 9 heteroatoms. The summed E-state index contributed by atoms with van der Waals surface area (Å²) >= 11 is 0. The second-order valence-electron chi connectivity index (χ2n) is 8.09. The van der Waals surface area contributed by atoms with E-state index in [1.165, 1.54) is 13.2 Å². The first kappa shape index (κ1) is 20.9. The molecule has 9 nitrogen and oxygen atoms in total. The number of benzene rings is 1. The maximum absolute atomic E-state index is 13.3. The van der Waals surface area contributed by atoms with Crippen LogP contribution in [0.2, 0.25) is 0 Å². The first-order valence-electron chi connectivity index (χ1n) is 10.4. The van der Waals surface area contributed by atoms with Gasteiger partial charge in [0.05, 0.1) is 36.1 Å². The number of fused-ring (bicyclic) bond motifs is 5. The molecule has 2 aromatic heterocycles. The zero-order valence-corrected chi connectivity index (χ0v) is 18.0. The van der Waals surface area contributed by atoms with E-state index in [0.717, 1.165) is 10.9 Å². The lowest BCUT2D eigenvalue weighted by Gasteiger charge is -2.31. The molecule has 0 spiro atoms. The van der Waals surface area contributed by atoms with Gasteiger partial charge in [-0.25, -0.2) is 9.78 Å². The lowest BCUT2D eigenvalue weighted by Crippen LogP contribution is -2.44. The first-order chi connectivity index (χ1) is 15.8. The van der Waals surface area contributed by atoms with Crippen LogP contribution in [0.25, 0.3) is 28.4 Å². The van der Waals surface area contributed by atoms with Gasteiger partial charge < -0.3 is 24.9 Å². The Bertz CT molecular complexity index is 1460. The second-order valence-corrected chi connectivity index (χ2v) is 8.09. The number of hydrogen-bond acceptors (Lipinski definition) is 7. The largest absolute Gasteiger partial charge is 0.495 e. The molecular weight excluding hydrogens is 426 g/mol. The number of amides is 1. The number of cyclic esters (lactones) is 1. The molecule has 1 aromatic carbocycles. The zero-order valence-electron chi connectivity index (χ0n) is 18.0. The van der Waals surface area contributed by atoms with Gasteiger partial charge in [0.15, 0.2) is 5.60 Å². The third kappa shape index (κ3) is 2.96. The quantitative estimate of drug-likeness (QED) is 0.358. The average Bonchev–Trinajstić information content (AvgIpc) is 3.16. The highest BCUT2D eigenvalue weighted by atomic mass is 16.6. The summed E-state index contributed by atoms with van der Waals surface area (Å²) in [5, 5.41) is 11.7. The Hall–Kier alpha value is -3.98. The number of ether oxygens (including phenoxy) is 2. The van der Waals surface area contributed by atoms with E-state index < -0.39 is 17.5 Å². The van der Waals surface area contributed by atoms with Crippen LogP contribution >= 0.6 is 0 Å². The Kier molecular flexibility index (Phi) is 4.61. The van der Waals surface area contributed by atoms with Gasteiger partial charge in [-0.3, -0.25) is 9.59 Å². The predicted molar refractivity (Wildman–Crippen MR) is 119 cm³/mol. The molecule has 3 aromatic rings. The fourth-order valence-electron chi connectivity index (χ4n) is 4.57. The van der Waals surface area contributed by atoms with Gasteiger partial charge in [0, 0.05) is 28.2 Å². The number of carbonyl (C=O) groups is 2. The number of primary amides is 1. The molecule has 0 unspecified atom stereocenters. The van der Waals surface area contributed by atoms with Gasteiger partial charge in [0.1, 0.15) is 12.4 Å². The molecule has 3 N–H and O–H groups in total.